The van der Waals surface area contributed by atoms with E-state index in [4.69, 9.17) is 17.0 Å². The van der Waals surface area contributed by atoms with Crippen LogP contribution in [0, 0.1) is 20.8 Å². The Hall–Kier alpha value is -3.14. The first kappa shape index (κ1) is 24.5. The van der Waals surface area contributed by atoms with Crippen molar-refractivity contribution in [3.05, 3.63) is 41.2 Å². The molecule has 10 heteroatoms. The third-order valence-electron chi connectivity index (χ3n) is 5.68. The lowest BCUT2D eigenvalue weighted by atomic mass is 10.1. The van der Waals surface area contributed by atoms with Gasteiger partial charge in [-0.2, -0.15) is 5.10 Å². The highest BCUT2D eigenvalue weighted by atomic mass is 32.1. The number of hydrogen-bond donors (Lipinski definition) is 2. The fourth-order valence-corrected chi connectivity index (χ4v) is 3.87. The highest BCUT2D eigenvalue weighted by molar-refractivity contribution is 7.80. The van der Waals surface area contributed by atoms with E-state index in [9.17, 15) is 9.59 Å². The van der Waals surface area contributed by atoms with Gasteiger partial charge >= 0.3 is 6.09 Å². The molecule has 1 aliphatic rings. The molecule has 1 saturated heterocycles. The molecule has 0 radical (unpaired) electrons. The first-order valence-corrected chi connectivity index (χ1v) is 11.5. The molecule has 2 N–H and O–H groups in total. The van der Waals surface area contributed by atoms with E-state index in [0.717, 1.165) is 28.2 Å². The minimum atomic E-state index is -0.478. The van der Waals surface area contributed by atoms with Crippen LogP contribution in [0.1, 0.15) is 36.7 Å². The van der Waals surface area contributed by atoms with Gasteiger partial charge in [0.15, 0.2) is 5.11 Å². The molecule has 3 rings (SSSR count). The van der Waals surface area contributed by atoms with Gasteiger partial charge in [0.05, 0.1) is 18.0 Å². The van der Waals surface area contributed by atoms with Crippen LogP contribution < -0.4 is 10.6 Å². The van der Waals surface area contributed by atoms with Crippen LogP contribution in [0.3, 0.4) is 0 Å². The zero-order valence-electron chi connectivity index (χ0n) is 19.8. The summed E-state index contributed by atoms with van der Waals surface area (Å²) in [7, 11) is 0. The SMILES string of the molecule is CCOC(=O)N1CCN(C(=O)C(C)n2cc(NC(=S)Nc3cc(C)ccc3C)c(C)n2)CC1. The third-order valence-corrected chi connectivity index (χ3v) is 5.88. The highest BCUT2D eigenvalue weighted by Crippen LogP contribution is 2.20. The number of carbonyl (C=O) groups is 2. The monoisotopic (exact) mass is 472 g/mol. The number of aryl methyl sites for hydroxylation is 3. The Morgan fingerprint density at radius 1 is 1.09 bits per heavy atom. The molecule has 0 bridgehead atoms. The van der Waals surface area contributed by atoms with Crippen molar-refractivity contribution in [3.8, 4) is 0 Å². The maximum atomic E-state index is 13.0. The first-order valence-electron chi connectivity index (χ1n) is 11.1. The van der Waals surface area contributed by atoms with E-state index in [2.05, 4.69) is 21.8 Å². The Kier molecular flexibility index (Phi) is 7.91. The third kappa shape index (κ3) is 6.01. The van der Waals surface area contributed by atoms with Gasteiger partial charge in [0.25, 0.3) is 0 Å². The molecular weight excluding hydrogens is 440 g/mol. The quantitative estimate of drug-likeness (QED) is 0.644. The number of thiocarbonyl (C=S) groups is 1. The van der Waals surface area contributed by atoms with Gasteiger partial charge in [0.2, 0.25) is 5.91 Å². The maximum absolute atomic E-state index is 13.0. The summed E-state index contributed by atoms with van der Waals surface area (Å²) in [4.78, 5) is 28.3. The van der Waals surface area contributed by atoms with Gasteiger partial charge in [-0.1, -0.05) is 12.1 Å². The summed E-state index contributed by atoms with van der Waals surface area (Å²) in [6.45, 7) is 11.7. The lowest BCUT2D eigenvalue weighted by molar-refractivity contribution is -0.136. The van der Waals surface area contributed by atoms with Crippen molar-refractivity contribution in [1.29, 1.82) is 0 Å². The molecular formula is C23H32N6O3S. The molecule has 2 amide bonds. The number of anilines is 2. The summed E-state index contributed by atoms with van der Waals surface area (Å²) >= 11 is 5.48. The molecule has 2 heterocycles. The number of rotatable bonds is 5. The molecule has 1 aromatic carbocycles. The second-order valence-corrected chi connectivity index (χ2v) is 8.60. The van der Waals surface area contributed by atoms with Gasteiger partial charge in [-0.15, -0.1) is 0 Å². The molecule has 0 aliphatic carbocycles. The summed E-state index contributed by atoms with van der Waals surface area (Å²) in [5.74, 6) is -0.0383. The van der Waals surface area contributed by atoms with E-state index in [1.165, 1.54) is 0 Å². The smallest absolute Gasteiger partial charge is 0.409 e. The predicted molar refractivity (Wildman–Crippen MR) is 133 cm³/mol. The minimum absolute atomic E-state index is 0.0383. The van der Waals surface area contributed by atoms with Crippen molar-refractivity contribution in [2.45, 2.75) is 40.7 Å². The minimum Gasteiger partial charge on any atom is -0.450 e. The summed E-state index contributed by atoms with van der Waals surface area (Å²) in [5, 5.41) is 11.4. The van der Waals surface area contributed by atoms with Crippen molar-refractivity contribution < 1.29 is 14.3 Å². The Morgan fingerprint density at radius 3 is 2.39 bits per heavy atom. The van der Waals surface area contributed by atoms with E-state index >= 15 is 0 Å². The lowest BCUT2D eigenvalue weighted by Crippen LogP contribution is -2.52. The van der Waals surface area contributed by atoms with Gasteiger partial charge in [-0.05, 0) is 64.0 Å². The van der Waals surface area contributed by atoms with E-state index in [1.807, 2.05) is 39.8 Å². The van der Waals surface area contributed by atoms with Crippen LogP contribution >= 0.6 is 12.2 Å². The number of aromatic nitrogens is 2. The summed E-state index contributed by atoms with van der Waals surface area (Å²) in [6.07, 6.45) is 1.46. The van der Waals surface area contributed by atoms with Gasteiger partial charge in [0.1, 0.15) is 6.04 Å². The van der Waals surface area contributed by atoms with Crippen LogP contribution in [0.25, 0.3) is 0 Å². The molecule has 1 atom stereocenters. The fraction of sp³-hybridized carbons (Fsp3) is 0.478. The molecule has 1 unspecified atom stereocenters. The second kappa shape index (κ2) is 10.7. The topological polar surface area (TPSA) is 91.7 Å². The van der Waals surface area contributed by atoms with Crippen molar-refractivity contribution in [3.63, 3.8) is 0 Å². The lowest BCUT2D eigenvalue weighted by Gasteiger charge is -2.35. The van der Waals surface area contributed by atoms with Crippen LogP contribution in [0.15, 0.2) is 24.4 Å². The molecule has 178 valence electrons. The predicted octanol–water partition coefficient (Wildman–Crippen LogP) is 3.48. The first-order chi connectivity index (χ1) is 15.7. The average molecular weight is 473 g/mol. The van der Waals surface area contributed by atoms with E-state index < -0.39 is 6.04 Å². The number of carbonyl (C=O) groups excluding carboxylic acids is 2. The number of ether oxygens (including phenoxy) is 1. The molecule has 0 saturated carbocycles. The van der Waals surface area contributed by atoms with Crippen LogP contribution in [0.5, 0.6) is 0 Å². The van der Waals surface area contributed by atoms with Gasteiger partial charge in [0, 0.05) is 38.1 Å². The molecule has 1 aromatic heterocycles. The van der Waals surface area contributed by atoms with E-state index in [0.29, 0.717) is 37.9 Å². The summed E-state index contributed by atoms with van der Waals surface area (Å²) in [6, 6.07) is 5.67. The number of hydrogen-bond acceptors (Lipinski definition) is 5. The zero-order valence-corrected chi connectivity index (χ0v) is 20.7. The van der Waals surface area contributed by atoms with Gasteiger partial charge in [-0.25, -0.2) is 4.79 Å². The number of piperazine rings is 1. The Morgan fingerprint density at radius 2 is 1.73 bits per heavy atom. The maximum Gasteiger partial charge on any atom is 0.409 e. The highest BCUT2D eigenvalue weighted by Gasteiger charge is 2.29. The number of nitrogens with one attached hydrogen (secondary N) is 2. The van der Waals surface area contributed by atoms with Crippen LogP contribution in [-0.4, -0.2) is 69.5 Å². The summed E-state index contributed by atoms with van der Waals surface area (Å²) in [5.41, 5.74) is 4.67. The van der Waals surface area contributed by atoms with Crippen LogP contribution in [0.2, 0.25) is 0 Å². The number of nitrogens with zero attached hydrogens (tertiary/aromatic N) is 4. The normalized spacial score (nSPS) is 14.6. The molecule has 2 aromatic rings. The van der Waals surface area contributed by atoms with Gasteiger partial charge in [-0.3, -0.25) is 9.48 Å². The number of amides is 2. The average Bonchev–Trinajstić information content (AvgIpc) is 3.15. The Bertz CT molecular complexity index is 1030. The van der Waals surface area contributed by atoms with Gasteiger partial charge < -0.3 is 25.2 Å². The molecule has 0 spiro atoms. The fourth-order valence-electron chi connectivity index (χ4n) is 3.65. The van der Waals surface area contributed by atoms with Crippen LogP contribution in [0.4, 0.5) is 16.2 Å². The molecule has 33 heavy (non-hydrogen) atoms. The zero-order chi connectivity index (χ0) is 24.1. The molecule has 9 nitrogen and oxygen atoms in total. The Labute approximate surface area is 200 Å². The van der Waals surface area contributed by atoms with Crippen molar-refractivity contribution in [1.82, 2.24) is 19.6 Å². The van der Waals surface area contributed by atoms with Crippen molar-refractivity contribution in [2.24, 2.45) is 0 Å². The molecule has 1 aliphatic heterocycles. The standard InChI is InChI=1S/C23H32N6O3S/c1-6-32-23(31)28-11-9-27(10-12-28)21(30)18(5)29-14-20(17(4)26-29)25-22(33)24-19-13-15(2)7-8-16(19)3/h7-8,13-14,18H,6,9-12H2,1-5H3,(H2,24,25,33). The number of benzene rings is 1. The van der Waals surface area contributed by atoms with Crippen LogP contribution in [-0.2, 0) is 9.53 Å². The molecule has 1 fully saturated rings. The Balaban J connectivity index is 1.60. The second-order valence-electron chi connectivity index (χ2n) is 8.19. The van der Waals surface area contributed by atoms with Crippen molar-refractivity contribution >= 4 is 40.7 Å². The largest absolute Gasteiger partial charge is 0.450 e. The van der Waals surface area contributed by atoms with E-state index in [-0.39, 0.29) is 12.0 Å². The summed E-state index contributed by atoms with van der Waals surface area (Å²) < 4.78 is 6.69. The van der Waals surface area contributed by atoms with E-state index in [1.54, 1.807) is 27.6 Å². The van der Waals surface area contributed by atoms with Crippen molar-refractivity contribution in [2.75, 3.05) is 43.4 Å².